The van der Waals surface area contributed by atoms with Crippen LogP contribution in [0.3, 0.4) is 0 Å². The molecule has 20 heavy (non-hydrogen) atoms. The monoisotopic (exact) mass is 280 g/mol. The van der Waals surface area contributed by atoms with Gasteiger partial charge < -0.3 is 10.6 Å². The number of piperazine rings is 1. The Bertz CT molecular complexity index is 343. The van der Waals surface area contributed by atoms with Crippen LogP contribution in [0.1, 0.15) is 39.5 Å². The molecule has 3 unspecified atom stereocenters. The number of likely N-dealkylation sites (tertiary alicyclic amines) is 1. The van der Waals surface area contributed by atoms with Crippen LogP contribution in [0.5, 0.6) is 0 Å². The molecule has 3 aliphatic rings. The van der Waals surface area contributed by atoms with Gasteiger partial charge in [0.15, 0.2) is 0 Å². The van der Waals surface area contributed by atoms with Crippen molar-refractivity contribution in [2.75, 3.05) is 39.8 Å². The highest BCUT2D eigenvalue weighted by molar-refractivity contribution is 5.08. The summed E-state index contributed by atoms with van der Waals surface area (Å²) in [5.74, 6) is 0. The lowest BCUT2D eigenvalue weighted by Crippen LogP contribution is -2.63. The zero-order valence-corrected chi connectivity index (χ0v) is 13.5. The Hall–Kier alpha value is -0.160. The molecule has 0 amide bonds. The molecule has 0 spiro atoms. The van der Waals surface area contributed by atoms with Crippen LogP contribution >= 0.6 is 0 Å². The third kappa shape index (κ3) is 2.52. The molecule has 1 aliphatic carbocycles. The van der Waals surface area contributed by atoms with E-state index in [-0.39, 0.29) is 5.54 Å². The quantitative estimate of drug-likeness (QED) is 0.832. The zero-order chi connectivity index (χ0) is 14.3. The summed E-state index contributed by atoms with van der Waals surface area (Å²) in [6, 6.07) is 2.29. The molecule has 0 radical (unpaired) electrons. The Morgan fingerprint density at radius 2 is 2.00 bits per heavy atom. The van der Waals surface area contributed by atoms with Crippen molar-refractivity contribution >= 4 is 0 Å². The smallest absolute Gasteiger partial charge is 0.0474 e. The predicted octanol–water partition coefficient (Wildman–Crippen LogP) is 0.967. The SMILES string of the molecule is CCC1CN(C2(CN)CC(C)N(C3CC3)C2)CCN1C. The highest BCUT2D eigenvalue weighted by atomic mass is 15.4. The Morgan fingerprint density at radius 3 is 2.60 bits per heavy atom. The van der Waals surface area contributed by atoms with Crippen molar-refractivity contribution in [1.82, 2.24) is 14.7 Å². The molecule has 2 saturated heterocycles. The molecule has 2 heterocycles. The Morgan fingerprint density at radius 1 is 1.25 bits per heavy atom. The lowest BCUT2D eigenvalue weighted by atomic mass is 9.91. The van der Waals surface area contributed by atoms with E-state index < -0.39 is 0 Å². The van der Waals surface area contributed by atoms with Crippen LogP contribution in [0.4, 0.5) is 0 Å². The van der Waals surface area contributed by atoms with Crippen LogP contribution in [-0.2, 0) is 0 Å². The van der Waals surface area contributed by atoms with Crippen LogP contribution < -0.4 is 5.73 Å². The van der Waals surface area contributed by atoms with Crippen LogP contribution in [0.2, 0.25) is 0 Å². The van der Waals surface area contributed by atoms with Crippen molar-refractivity contribution in [1.29, 1.82) is 0 Å². The minimum atomic E-state index is 0.247. The van der Waals surface area contributed by atoms with E-state index in [0.717, 1.165) is 12.6 Å². The maximum absolute atomic E-state index is 6.28. The molecule has 2 N–H and O–H groups in total. The average Bonchev–Trinajstić information content (AvgIpc) is 3.23. The maximum Gasteiger partial charge on any atom is 0.0474 e. The largest absolute Gasteiger partial charge is 0.329 e. The van der Waals surface area contributed by atoms with Gasteiger partial charge >= 0.3 is 0 Å². The van der Waals surface area contributed by atoms with Gasteiger partial charge in [-0.3, -0.25) is 9.80 Å². The summed E-state index contributed by atoms with van der Waals surface area (Å²) in [5, 5.41) is 0. The molecule has 4 heteroatoms. The fraction of sp³-hybridized carbons (Fsp3) is 1.00. The number of hydrogen-bond donors (Lipinski definition) is 1. The van der Waals surface area contributed by atoms with E-state index in [1.807, 2.05) is 0 Å². The molecule has 2 aliphatic heterocycles. The fourth-order valence-electron chi connectivity index (χ4n) is 4.45. The fourth-order valence-corrected chi connectivity index (χ4v) is 4.45. The number of rotatable bonds is 4. The summed E-state index contributed by atoms with van der Waals surface area (Å²) >= 11 is 0. The highest BCUT2D eigenvalue weighted by Crippen LogP contribution is 2.40. The molecule has 116 valence electrons. The summed E-state index contributed by atoms with van der Waals surface area (Å²) in [7, 11) is 2.27. The van der Waals surface area contributed by atoms with Crippen molar-refractivity contribution in [3.8, 4) is 0 Å². The second kappa shape index (κ2) is 5.56. The van der Waals surface area contributed by atoms with E-state index in [1.165, 1.54) is 51.9 Å². The van der Waals surface area contributed by atoms with E-state index in [1.54, 1.807) is 0 Å². The second-order valence-electron chi connectivity index (χ2n) is 7.37. The first-order valence-corrected chi connectivity index (χ1v) is 8.50. The first-order valence-electron chi connectivity index (χ1n) is 8.50. The Kier molecular flexibility index (Phi) is 4.10. The predicted molar refractivity (Wildman–Crippen MR) is 83.9 cm³/mol. The number of nitrogens with two attached hydrogens (primary N) is 1. The van der Waals surface area contributed by atoms with Gasteiger partial charge in [-0.25, -0.2) is 0 Å². The zero-order valence-electron chi connectivity index (χ0n) is 13.5. The highest BCUT2D eigenvalue weighted by Gasteiger charge is 2.50. The summed E-state index contributed by atoms with van der Waals surface area (Å²) in [6.45, 7) is 10.3. The van der Waals surface area contributed by atoms with E-state index in [9.17, 15) is 0 Å². The van der Waals surface area contributed by atoms with Crippen molar-refractivity contribution in [3.63, 3.8) is 0 Å². The Balaban J connectivity index is 1.72. The molecule has 3 rings (SSSR count). The van der Waals surface area contributed by atoms with Gasteiger partial charge in [-0.1, -0.05) is 6.92 Å². The minimum Gasteiger partial charge on any atom is -0.329 e. The molecule has 0 aromatic heterocycles. The van der Waals surface area contributed by atoms with Crippen LogP contribution in [-0.4, -0.2) is 78.1 Å². The summed E-state index contributed by atoms with van der Waals surface area (Å²) in [4.78, 5) is 8.00. The number of likely N-dealkylation sites (N-methyl/N-ethyl adjacent to an activating group) is 1. The standard InChI is InChI=1S/C16H32N4/c1-4-14-10-19(8-7-18(14)3)16(11-17)9-13(2)20(12-16)15-5-6-15/h13-15H,4-12,17H2,1-3H3. The van der Waals surface area contributed by atoms with Gasteiger partial charge in [0.2, 0.25) is 0 Å². The van der Waals surface area contributed by atoms with Crippen molar-refractivity contribution in [3.05, 3.63) is 0 Å². The number of nitrogens with zero attached hydrogens (tertiary/aromatic N) is 3. The minimum absolute atomic E-state index is 0.247. The molecule has 3 fully saturated rings. The molecule has 3 atom stereocenters. The first kappa shape index (κ1) is 14.8. The van der Waals surface area contributed by atoms with E-state index >= 15 is 0 Å². The molecule has 0 aromatic rings. The topological polar surface area (TPSA) is 35.7 Å². The normalized spacial score (nSPS) is 41.4. The molecule has 4 nitrogen and oxygen atoms in total. The van der Waals surface area contributed by atoms with E-state index in [4.69, 9.17) is 5.73 Å². The van der Waals surface area contributed by atoms with Crippen LogP contribution in [0.15, 0.2) is 0 Å². The third-order valence-electron chi connectivity index (χ3n) is 6.03. The van der Waals surface area contributed by atoms with Crippen molar-refractivity contribution < 1.29 is 0 Å². The Labute approximate surface area is 124 Å². The summed E-state index contributed by atoms with van der Waals surface area (Å²) in [6.07, 6.45) is 5.33. The van der Waals surface area contributed by atoms with Crippen LogP contribution in [0.25, 0.3) is 0 Å². The molecular weight excluding hydrogens is 248 g/mol. The van der Waals surface area contributed by atoms with Gasteiger partial charge in [-0.15, -0.1) is 0 Å². The van der Waals surface area contributed by atoms with Gasteiger partial charge in [0, 0.05) is 56.4 Å². The first-order chi connectivity index (χ1) is 9.59. The molecule has 0 aromatic carbocycles. The maximum atomic E-state index is 6.28. The molecule has 0 bridgehead atoms. The van der Waals surface area contributed by atoms with Crippen LogP contribution in [0, 0.1) is 0 Å². The van der Waals surface area contributed by atoms with Gasteiger partial charge in [0.1, 0.15) is 0 Å². The number of hydrogen-bond acceptors (Lipinski definition) is 4. The van der Waals surface area contributed by atoms with E-state index in [2.05, 4.69) is 35.6 Å². The molecular formula is C16H32N4. The molecule has 1 saturated carbocycles. The third-order valence-corrected chi connectivity index (χ3v) is 6.03. The second-order valence-corrected chi connectivity index (χ2v) is 7.37. The van der Waals surface area contributed by atoms with Gasteiger partial charge in [0.05, 0.1) is 0 Å². The lowest BCUT2D eigenvalue weighted by molar-refractivity contribution is 0.0157. The van der Waals surface area contributed by atoms with Crippen molar-refractivity contribution in [2.24, 2.45) is 5.73 Å². The van der Waals surface area contributed by atoms with Crippen molar-refractivity contribution in [2.45, 2.75) is 63.2 Å². The van der Waals surface area contributed by atoms with Gasteiger partial charge in [-0.05, 0) is 39.7 Å². The average molecular weight is 280 g/mol. The van der Waals surface area contributed by atoms with Gasteiger partial charge in [0.25, 0.3) is 0 Å². The summed E-state index contributed by atoms with van der Waals surface area (Å²) in [5.41, 5.74) is 6.53. The van der Waals surface area contributed by atoms with E-state index in [0.29, 0.717) is 12.1 Å². The summed E-state index contributed by atoms with van der Waals surface area (Å²) < 4.78 is 0. The lowest BCUT2D eigenvalue weighted by Gasteiger charge is -2.48. The van der Waals surface area contributed by atoms with Gasteiger partial charge in [-0.2, -0.15) is 0 Å².